The van der Waals surface area contributed by atoms with E-state index >= 15 is 0 Å². The smallest absolute Gasteiger partial charge is 0.124 e. The van der Waals surface area contributed by atoms with Gasteiger partial charge in [-0.2, -0.15) is 0 Å². The van der Waals surface area contributed by atoms with Crippen molar-refractivity contribution < 1.29 is 4.74 Å². The zero-order valence-corrected chi connectivity index (χ0v) is 12.7. The molecule has 0 spiro atoms. The molecule has 2 N–H and O–H groups in total. The van der Waals surface area contributed by atoms with E-state index in [0.717, 1.165) is 18.6 Å². The third-order valence-corrected chi connectivity index (χ3v) is 4.06. The Balaban J connectivity index is 2.34. The molecule has 1 aliphatic rings. The van der Waals surface area contributed by atoms with E-state index in [0.29, 0.717) is 5.41 Å². The Morgan fingerprint density at radius 3 is 2.47 bits per heavy atom. The average molecular weight is 261 g/mol. The maximum absolute atomic E-state index is 6.75. The molecule has 1 aromatic rings. The summed E-state index contributed by atoms with van der Waals surface area (Å²) in [5.74, 6) is 0.956. The Morgan fingerprint density at radius 1 is 1.16 bits per heavy atom. The van der Waals surface area contributed by atoms with Crippen LogP contribution in [0.3, 0.4) is 0 Å². The first-order chi connectivity index (χ1) is 8.82. The van der Waals surface area contributed by atoms with Crippen molar-refractivity contribution in [3.63, 3.8) is 0 Å². The van der Waals surface area contributed by atoms with Gasteiger partial charge in [0.05, 0.1) is 6.10 Å². The van der Waals surface area contributed by atoms with Crippen molar-refractivity contribution >= 4 is 0 Å². The largest absolute Gasteiger partial charge is 0.491 e. The molecule has 0 heterocycles. The molecule has 1 fully saturated rings. The van der Waals surface area contributed by atoms with Crippen molar-refractivity contribution in [3.05, 3.63) is 29.8 Å². The molecule has 1 aromatic carbocycles. The van der Waals surface area contributed by atoms with E-state index in [9.17, 15) is 0 Å². The van der Waals surface area contributed by atoms with Crippen LogP contribution in [0.25, 0.3) is 0 Å². The van der Waals surface area contributed by atoms with Gasteiger partial charge in [-0.3, -0.25) is 0 Å². The van der Waals surface area contributed by atoms with Gasteiger partial charge in [0, 0.05) is 11.1 Å². The standard InChI is InChI=1S/C17H27NO/c1-13(2)19-15-9-6-5-8-14(15)17(18)11-7-10-16(3,4)12-17/h5-6,8-9,13H,7,10-12,18H2,1-4H3. The number of hydrogen-bond donors (Lipinski definition) is 1. The van der Waals surface area contributed by atoms with Crippen molar-refractivity contribution in [2.45, 2.75) is 65.0 Å². The minimum Gasteiger partial charge on any atom is -0.491 e. The van der Waals surface area contributed by atoms with Crippen LogP contribution in [0.5, 0.6) is 5.75 Å². The van der Waals surface area contributed by atoms with Gasteiger partial charge in [-0.05, 0) is 44.6 Å². The molecule has 0 saturated heterocycles. The summed E-state index contributed by atoms with van der Waals surface area (Å²) < 4.78 is 5.95. The lowest BCUT2D eigenvalue weighted by molar-refractivity contribution is 0.144. The molecule has 1 atom stereocenters. The number of nitrogens with two attached hydrogens (primary N) is 1. The minimum absolute atomic E-state index is 0.182. The van der Waals surface area contributed by atoms with Gasteiger partial charge in [0.1, 0.15) is 5.75 Å². The highest BCUT2D eigenvalue weighted by Crippen LogP contribution is 2.46. The van der Waals surface area contributed by atoms with Gasteiger partial charge in [-0.25, -0.2) is 0 Å². The summed E-state index contributed by atoms with van der Waals surface area (Å²) in [5.41, 5.74) is 8.00. The van der Waals surface area contributed by atoms with Gasteiger partial charge in [0.2, 0.25) is 0 Å². The Hall–Kier alpha value is -1.02. The molecule has 19 heavy (non-hydrogen) atoms. The lowest BCUT2D eigenvalue weighted by Gasteiger charge is -2.43. The second kappa shape index (κ2) is 5.16. The van der Waals surface area contributed by atoms with Crippen molar-refractivity contribution in [1.82, 2.24) is 0 Å². The van der Waals surface area contributed by atoms with Gasteiger partial charge in [-0.15, -0.1) is 0 Å². The van der Waals surface area contributed by atoms with E-state index in [1.165, 1.54) is 18.4 Å². The predicted octanol–water partition coefficient (Wildman–Crippen LogP) is 4.23. The lowest BCUT2D eigenvalue weighted by Crippen LogP contribution is -2.44. The highest BCUT2D eigenvalue weighted by atomic mass is 16.5. The van der Waals surface area contributed by atoms with E-state index in [2.05, 4.69) is 39.8 Å². The zero-order chi connectivity index (χ0) is 14.1. The van der Waals surface area contributed by atoms with Gasteiger partial charge in [0.15, 0.2) is 0 Å². The topological polar surface area (TPSA) is 35.2 Å². The Morgan fingerprint density at radius 2 is 1.84 bits per heavy atom. The zero-order valence-electron chi connectivity index (χ0n) is 12.7. The fraction of sp³-hybridized carbons (Fsp3) is 0.647. The molecular formula is C17H27NO. The van der Waals surface area contributed by atoms with Gasteiger partial charge >= 0.3 is 0 Å². The number of benzene rings is 1. The minimum atomic E-state index is -0.243. The molecule has 0 amide bonds. The molecule has 0 aliphatic heterocycles. The number of rotatable bonds is 3. The van der Waals surface area contributed by atoms with E-state index in [1.807, 2.05) is 12.1 Å². The molecule has 2 heteroatoms. The Bertz CT molecular complexity index is 439. The average Bonchev–Trinajstić information content (AvgIpc) is 2.26. The van der Waals surface area contributed by atoms with Gasteiger partial charge in [0.25, 0.3) is 0 Å². The molecular weight excluding hydrogens is 234 g/mol. The summed E-state index contributed by atoms with van der Waals surface area (Å²) in [6.07, 6.45) is 4.72. The van der Waals surface area contributed by atoms with Crippen LogP contribution in [-0.2, 0) is 5.54 Å². The van der Waals surface area contributed by atoms with Crippen molar-refractivity contribution in [2.24, 2.45) is 11.1 Å². The van der Waals surface area contributed by atoms with Crippen LogP contribution in [0.4, 0.5) is 0 Å². The van der Waals surface area contributed by atoms with Crippen molar-refractivity contribution in [1.29, 1.82) is 0 Å². The van der Waals surface area contributed by atoms with Crippen LogP contribution in [-0.4, -0.2) is 6.10 Å². The third-order valence-electron chi connectivity index (χ3n) is 4.06. The number of ether oxygens (including phenoxy) is 1. The van der Waals surface area contributed by atoms with Crippen molar-refractivity contribution in [3.8, 4) is 5.75 Å². The molecule has 106 valence electrons. The molecule has 0 bridgehead atoms. The second-order valence-electron chi connectivity index (χ2n) is 7.01. The Labute approximate surface area is 117 Å². The van der Waals surface area contributed by atoms with Crippen LogP contribution in [0.1, 0.15) is 58.9 Å². The maximum Gasteiger partial charge on any atom is 0.124 e. The quantitative estimate of drug-likeness (QED) is 0.883. The van der Waals surface area contributed by atoms with Crippen LogP contribution in [0, 0.1) is 5.41 Å². The van der Waals surface area contributed by atoms with Crippen LogP contribution < -0.4 is 10.5 Å². The number of para-hydroxylation sites is 1. The summed E-state index contributed by atoms with van der Waals surface area (Å²) in [6.45, 7) is 8.76. The maximum atomic E-state index is 6.75. The fourth-order valence-corrected chi connectivity index (χ4v) is 3.38. The summed E-state index contributed by atoms with van der Waals surface area (Å²) in [5, 5.41) is 0. The first-order valence-corrected chi connectivity index (χ1v) is 7.37. The first-order valence-electron chi connectivity index (χ1n) is 7.37. The van der Waals surface area contributed by atoms with Gasteiger partial charge < -0.3 is 10.5 Å². The van der Waals surface area contributed by atoms with Gasteiger partial charge in [-0.1, -0.05) is 38.5 Å². The highest BCUT2D eigenvalue weighted by molar-refractivity contribution is 5.39. The summed E-state index contributed by atoms with van der Waals surface area (Å²) in [7, 11) is 0. The van der Waals surface area contributed by atoms with E-state index in [1.54, 1.807) is 0 Å². The van der Waals surface area contributed by atoms with E-state index < -0.39 is 0 Å². The predicted molar refractivity (Wildman–Crippen MR) is 80.3 cm³/mol. The normalized spacial score (nSPS) is 26.4. The SMILES string of the molecule is CC(C)Oc1ccccc1C1(N)CCCC(C)(C)C1. The second-order valence-corrected chi connectivity index (χ2v) is 7.01. The lowest BCUT2D eigenvalue weighted by atomic mass is 9.66. The molecule has 0 aromatic heterocycles. The summed E-state index contributed by atoms with van der Waals surface area (Å²) in [6, 6.07) is 8.28. The monoisotopic (exact) mass is 261 g/mol. The summed E-state index contributed by atoms with van der Waals surface area (Å²) >= 11 is 0. The van der Waals surface area contributed by atoms with Crippen LogP contribution in [0.2, 0.25) is 0 Å². The molecule has 0 radical (unpaired) electrons. The molecule has 1 unspecified atom stereocenters. The molecule has 2 rings (SSSR count). The Kier molecular flexibility index (Phi) is 3.91. The highest BCUT2D eigenvalue weighted by Gasteiger charge is 2.39. The molecule has 1 aliphatic carbocycles. The van der Waals surface area contributed by atoms with E-state index in [-0.39, 0.29) is 11.6 Å². The van der Waals surface area contributed by atoms with Crippen molar-refractivity contribution in [2.75, 3.05) is 0 Å². The summed E-state index contributed by atoms with van der Waals surface area (Å²) in [4.78, 5) is 0. The third kappa shape index (κ3) is 3.30. The first kappa shape index (κ1) is 14.4. The van der Waals surface area contributed by atoms with E-state index in [4.69, 9.17) is 10.5 Å². The fourth-order valence-electron chi connectivity index (χ4n) is 3.38. The molecule has 2 nitrogen and oxygen atoms in total. The molecule has 1 saturated carbocycles. The van der Waals surface area contributed by atoms with Crippen LogP contribution in [0.15, 0.2) is 24.3 Å². The van der Waals surface area contributed by atoms with Crippen LogP contribution >= 0.6 is 0 Å². The number of hydrogen-bond acceptors (Lipinski definition) is 2.